The summed E-state index contributed by atoms with van der Waals surface area (Å²) in [6.45, 7) is 4.67. The molecule has 1 atom stereocenters. The monoisotopic (exact) mass is 532 g/mol. The average molecular weight is 533 g/mol. The molecule has 0 aromatic rings. The van der Waals surface area contributed by atoms with Gasteiger partial charge in [0.05, 0.1) is 6.61 Å². The third kappa shape index (κ3) is 30.1. The van der Waals surface area contributed by atoms with Gasteiger partial charge in [0.15, 0.2) is 0 Å². The van der Waals surface area contributed by atoms with Crippen LogP contribution in [0.4, 0.5) is 0 Å². The first-order valence-corrected chi connectivity index (χ1v) is 17.5. The largest absolute Gasteiger partial charge is 0.397 e. The Morgan fingerprint density at radius 1 is 0.472 bits per heavy atom. The SMILES string of the molecule is CCCCCCCCCCCCCCCCCCC(CCCCCCCCCCC)COS(=O)(=O)O. The average Bonchev–Trinajstić information content (AvgIpc) is 2.84. The van der Waals surface area contributed by atoms with Gasteiger partial charge in [-0.1, -0.05) is 174 Å². The van der Waals surface area contributed by atoms with E-state index in [9.17, 15) is 8.42 Å². The number of hydrogen-bond donors (Lipinski definition) is 1. The molecule has 0 aromatic heterocycles. The zero-order valence-electron chi connectivity index (χ0n) is 24.5. The van der Waals surface area contributed by atoms with Gasteiger partial charge in [-0.2, -0.15) is 8.42 Å². The Morgan fingerprint density at radius 3 is 0.972 bits per heavy atom. The molecule has 5 heteroatoms. The first-order chi connectivity index (χ1) is 17.5. The second-order valence-electron chi connectivity index (χ2n) is 11.3. The lowest BCUT2D eigenvalue weighted by atomic mass is 9.94. The summed E-state index contributed by atoms with van der Waals surface area (Å²) in [5.41, 5.74) is 0. The van der Waals surface area contributed by atoms with Gasteiger partial charge in [-0.15, -0.1) is 0 Å². The van der Waals surface area contributed by atoms with Crippen LogP contribution < -0.4 is 0 Å². The Hall–Kier alpha value is -0.130. The van der Waals surface area contributed by atoms with Crippen molar-refractivity contribution in [1.29, 1.82) is 0 Å². The van der Waals surface area contributed by atoms with E-state index >= 15 is 0 Å². The van der Waals surface area contributed by atoms with Crippen molar-refractivity contribution in [3.8, 4) is 0 Å². The third-order valence-corrected chi connectivity index (χ3v) is 8.07. The van der Waals surface area contributed by atoms with E-state index in [0.717, 1.165) is 25.7 Å². The van der Waals surface area contributed by atoms with Gasteiger partial charge in [-0.3, -0.25) is 4.55 Å². The molecular weight excluding hydrogens is 468 g/mol. The molecule has 0 aliphatic rings. The normalized spacial score (nSPS) is 12.9. The Kier molecular flexibility index (Phi) is 27.8. The van der Waals surface area contributed by atoms with Crippen LogP contribution in [0.2, 0.25) is 0 Å². The fourth-order valence-electron chi connectivity index (χ4n) is 5.22. The third-order valence-electron chi connectivity index (χ3n) is 7.63. The minimum Gasteiger partial charge on any atom is -0.264 e. The Labute approximate surface area is 227 Å². The quantitative estimate of drug-likeness (QED) is 0.0738. The first kappa shape index (κ1) is 35.9. The van der Waals surface area contributed by atoms with Gasteiger partial charge >= 0.3 is 10.4 Å². The molecule has 0 aromatic carbocycles. The molecule has 0 aliphatic heterocycles. The van der Waals surface area contributed by atoms with Gasteiger partial charge in [0, 0.05) is 0 Å². The molecule has 0 heterocycles. The van der Waals surface area contributed by atoms with Crippen LogP contribution in [0.25, 0.3) is 0 Å². The fraction of sp³-hybridized carbons (Fsp3) is 1.00. The molecule has 0 rings (SSSR count). The summed E-state index contributed by atoms with van der Waals surface area (Å²) >= 11 is 0. The van der Waals surface area contributed by atoms with E-state index in [4.69, 9.17) is 8.74 Å². The highest BCUT2D eigenvalue weighted by Crippen LogP contribution is 2.21. The van der Waals surface area contributed by atoms with Crippen molar-refractivity contribution in [3.63, 3.8) is 0 Å². The summed E-state index contributed by atoms with van der Waals surface area (Å²) in [5.74, 6) is 0.239. The molecule has 0 fully saturated rings. The Morgan fingerprint density at radius 2 is 0.722 bits per heavy atom. The molecule has 218 valence electrons. The summed E-state index contributed by atoms with van der Waals surface area (Å²) in [6.07, 6.45) is 35.5. The zero-order chi connectivity index (χ0) is 26.6. The lowest BCUT2D eigenvalue weighted by molar-refractivity contribution is 0.204. The highest BCUT2D eigenvalue weighted by Gasteiger charge is 2.13. The number of rotatable bonds is 30. The van der Waals surface area contributed by atoms with Crippen molar-refractivity contribution >= 4 is 10.4 Å². The zero-order valence-corrected chi connectivity index (χ0v) is 25.3. The van der Waals surface area contributed by atoms with Crippen LogP contribution in [-0.2, 0) is 14.6 Å². The van der Waals surface area contributed by atoms with Crippen molar-refractivity contribution in [2.24, 2.45) is 5.92 Å². The summed E-state index contributed by atoms with van der Waals surface area (Å²) in [4.78, 5) is 0. The maximum absolute atomic E-state index is 11.0. The van der Waals surface area contributed by atoms with Crippen LogP contribution in [0.3, 0.4) is 0 Å². The molecule has 1 N–H and O–H groups in total. The smallest absolute Gasteiger partial charge is 0.264 e. The van der Waals surface area contributed by atoms with Crippen LogP contribution in [0, 0.1) is 5.92 Å². The molecular formula is C31H64O4S. The van der Waals surface area contributed by atoms with E-state index in [0.29, 0.717) is 0 Å². The van der Waals surface area contributed by atoms with Crippen molar-refractivity contribution in [2.45, 2.75) is 187 Å². The van der Waals surface area contributed by atoms with Crippen LogP contribution in [0.1, 0.15) is 187 Å². The minimum atomic E-state index is -4.33. The van der Waals surface area contributed by atoms with E-state index < -0.39 is 10.4 Å². The molecule has 0 spiro atoms. The fourth-order valence-corrected chi connectivity index (χ4v) is 5.58. The van der Waals surface area contributed by atoms with Crippen LogP contribution in [0.5, 0.6) is 0 Å². The molecule has 0 amide bonds. The molecule has 0 aliphatic carbocycles. The lowest BCUT2D eigenvalue weighted by Gasteiger charge is -2.16. The van der Waals surface area contributed by atoms with Gasteiger partial charge in [0.1, 0.15) is 0 Å². The second kappa shape index (κ2) is 27.9. The summed E-state index contributed by atoms with van der Waals surface area (Å²) in [7, 11) is -4.33. The summed E-state index contributed by atoms with van der Waals surface area (Å²) < 4.78 is 35.7. The van der Waals surface area contributed by atoms with Gasteiger partial charge in [-0.25, -0.2) is 4.18 Å². The van der Waals surface area contributed by atoms with E-state index in [1.807, 2.05) is 0 Å². The predicted molar refractivity (Wildman–Crippen MR) is 157 cm³/mol. The number of hydrogen-bond acceptors (Lipinski definition) is 3. The minimum absolute atomic E-state index is 0.134. The maximum Gasteiger partial charge on any atom is 0.397 e. The highest BCUT2D eigenvalue weighted by molar-refractivity contribution is 7.80. The molecule has 0 radical (unpaired) electrons. The number of unbranched alkanes of at least 4 members (excludes halogenated alkanes) is 23. The molecule has 1 unspecified atom stereocenters. The molecule has 0 saturated carbocycles. The molecule has 36 heavy (non-hydrogen) atoms. The van der Waals surface area contributed by atoms with Crippen LogP contribution >= 0.6 is 0 Å². The van der Waals surface area contributed by atoms with Crippen LogP contribution in [-0.4, -0.2) is 19.6 Å². The van der Waals surface area contributed by atoms with Crippen molar-refractivity contribution < 1.29 is 17.2 Å². The van der Waals surface area contributed by atoms with Crippen LogP contribution in [0.15, 0.2) is 0 Å². The second-order valence-corrected chi connectivity index (χ2v) is 12.4. The standard InChI is InChI=1S/C31H64O4S/c1-3-5-7-9-11-13-14-15-16-17-18-19-21-23-25-27-29-31(30-35-36(32,33)34)28-26-24-22-20-12-10-8-6-4-2/h31H,3-30H2,1-2H3,(H,32,33,34). The van der Waals surface area contributed by atoms with E-state index in [-0.39, 0.29) is 12.5 Å². The van der Waals surface area contributed by atoms with Crippen molar-refractivity contribution in [2.75, 3.05) is 6.61 Å². The Balaban J connectivity index is 3.66. The predicted octanol–water partition coefficient (Wildman–Crippen LogP) is 11.0. The van der Waals surface area contributed by atoms with Gasteiger partial charge < -0.3 is 0 Å². The van der Waals surface area contributed by atoms with Crippen molar-refractivity contribution in [1.82, 2.24) is 0 Å². The topological polar surface area (TPSA) is 63.6 Å². The molecule has 0 saturated heterocycles. The van der Waals surface area contributed by atoms with Crippen molar-refractivity contribution in [3.05, 3.63) is 0 Å². The highest BCUT2D eigenvalue weighted by atomic mass is 32.3. The summed E-state index contributed by atoms with van der Waals surface area (Å²) in [6, 6.07) is 0. The van der Waals surface area contributed by atoms with E-state index in [1.165, 1.54) is 148 Å². The molecule has 0 bridgehead atoms. The van der Waals surface area contributed by atoms with Gasteiger partial charge in [-0.05, 0) is 18.8 Å². The summed E-state index contributed by atoms with van der Waals surface area (Å²) in [5, 5.41) is 0. The maximum atomic E-state index is 11.0. The molecule has 4 nitrogen and oxygen atoms in total. The van der Waals surface area contributed by atoms with E-state index in [1.54, 1.807) is 0 Å². The first-order valence-electron chi connectivity index (χ1n) is 16.1. The Bertz CT molecular complexity index is 521. The van der Waals surface area contributed by atoms with Gasteiger partial charge in [0.2, 0.25) is 0 Å². The van der Waals surface area contributed by atoms with E-state index in [2.05, 4.69) is 13.8 Å². The van der Waals surface area contributed by atoms with Gasteiger partial charge in [0.25, 0.3) is 0 Å². The lowest BCUT2D eigenvalue weighted by Crippen LogP contribution is -2.14.